The van der Waals surface area contributed by atoms with Gasteiger partial charge in [0.05, 0.1) is 22.9 Å². The van der Waals surface area contributed by atoms with Gasteiger partial charge in [0, 0.05) is 0 Å². The fourth-order valence-electron chi connectivity index (χ4n) is 2.04. The Balaban J connectivity index is 2.08. The Labute approximate surface area is 119 Å². The van der Waals surface area contributed by atoms with Crippen molar-refractivity contribution in [2.24, 2.45) is 0 Å². The molecule has 0 amide bonds. The van der Waals surface area contributed by atoms with Crippen LogP contribution >= 0.6 is 0 Å². The molecule has 3 rings (SSSR count). The maximum Gasteiger partial charge on any atom is 0.336 e. The number of carbonyl (C=O) groups is 1. The monoisotopic (exact) mass is 283 g/mol. The molecule has 3 aromatic rings. The van der Waals surface area contributed by atoms with E-state index in [2.05, 4.69) is 4.98 Å². The van der Waals surface area contributed by atoms with Crippen LogP contribution in [-0.4, -0.2) is 16.1 Å². The molecule has 1 N–H and O–H groups in total. The zero-order chi connectivity index (χ0) is 14.8. The zero-order valence-electron chi connectivity index (χ0n) is 10.8. The number of carboxylic acids is 1. The topological polar surface area (TPSA) is 63.3 Å². The first-order valence-corrected chi connectivity index (χ1v) is 6.20. The Kier molecular flexibility index (Phi) is 3.23. The van der Waals surface area contributed by atoms with Crippen molar-refractivity contribution >= 4 is 5.97 Å². The Bertz CT molecular complexity index is 811. The summed E-state index contributed by atoms with van der Waals surface area (Å²) in [6, 6.07) is 12.5. The smallest absolute Gasteiger partial charge is 0.336 e. The van der Waals surface area contributed by atoms with Crippen LogP contribution < -0.4 is 0 Å². The summed E-state index contributed by atoms with van der Waals surface area (Å²) in [5, 5.41) is 9.17. The zero-order valence-corrected chi connectivity index (χ0v) is 10.8. The summed E-state index contributed by atoms with van der Waals surface area (Å²) in [5.41, 5.74) is 0.719. The Morgan fingerprint density at radius 2 is 1.71 bits per heavy atom. The molecule has 0 bridgehead atoms. The van der Waals surface area contributed by atoms with Crippen LogP contribution in [0.2, 0.25) is 0 Å². The van der Waals surface area contributed by atoms with E-state index < -0.39 is 11.8 Å². The molecule has 0 radical (unpaired) electrons. The van der Waals surface area contributed by atoms with E-state index in [1.54, 1.807) is 36.4 Å². The molecule has 2 aromatic carbocycles. The highest BCUT2D eigenvalue weighted by Crippen LogP contribution is 2.29. The van der Waals surface area contributed by atoms with Gasteiger partial charge in [-0.2, -0.15) is 0 Å². The van der Waals surface area contributed by atoms with E-state index >= 15 is 0 Å². The fourth-order valence-corrected chi connectivity index (χ4v) is 2.04. The number of hydrogen-bond donors (Lipinski definition) is 1. The summed E-state index contributed by atoms with van der Waals surface area (Å²) < 4.78 is 19.2. The summed E-state index contributed by atoms with van der Waals surface area (Å²) in [7, 11) is 0. The van der Waals surface area contributed by atoms with Gasteiger partial charge in [-0.25, -0.2) is 14.2 Å². The summed E-state index contributed by atoms with van der Waals surface area (Å²) in [6.45, 7) is 0. The molecule has 0 atom stereocenters. The third-order valence-corrected chi connectivity index (χ3v) is 3.03. The molecule has 0 saturated heterocycles. The van der Waals surface area contributed by atoms with Gasteiger partial charge in [0.2, 0.25) is 5.89 Å². The molecule has 0 spiro atoms. The van der Waals surface area contributed by atoms with E-state index in [9.17, 15) is 9.18 Å². The van der Waals surface area contributed by atoms with Gasteiger partial charge in [-0.1, -0.05) is 24.3 Å². The molecule has 4 nitrogen and oxygen atoms in total. The van der Waals surface area contributed by atoms with Gasteiger partial charge in [-0.3, -0.25) is 0 Å². The van der Waals surface area contributed by atoms with Crippen LogP contribution in [0.1, 0.15) is 10.4 Å². The highest BCUT2D eigenvalue weighted by Gasteiger charge is 2.16. The highest BCUT2D eigenvalue weighted by molar-refractivity contribution is 5.94. The predicted octanol–water partition coefficient (Wildman–Crippen LogP) is 3.85. The minimum atomic E-state index is -1.07. The normalized spacial score (nSPS) is 10.5. The van der Waals surface area contributed by atoms with E-state index in [-0.39, 0.29) is 22.8 Å². The highest BCUT2D eigenvalue weighted by atomic mass is 19.1. The van der Waals surface area contributed by atoms with Crippen LogP contribution in [-0.2, 0) is 0 Å². The third kappa shape index (κ3) is 2.41. The summed E-state index contributed by atoms with van der Waals surface area (Å²) in [6.07, 6.45) is 1.38. The molecular weight excluding hydrogens is 273 g/mol. The molecule has 0 fully saturated rings. The van der Waals surface area contributed by atoms with Crippen molar-refractivity contribution in [3.05, 3.63) is 66.1 Å². The lowest BCUT2D eigenvalue weighted by atomic mass is 10.1. The van der Waals surface area contributed by atoms with Crippen LogP contribution in [0.5, 0.6) is 0 Å². The van der Waals surface area contributed by atoms with Gasteiger partial charge in [-0.05, 0) is 24.3 Å². The van der Waals surface area contributed by atoms with Crippen molar-refractivity contribution in [2.75, 3.05) is 0 Å². The lowest BCUT2D eigenvalue weighted by Gasteiger charge is -2.01. The summed E-state index contributed by atoms with van der Waals surface area (Å²) in [5.74, 6) is -1.10. The second-order valence-electron chi connectivity index (χ2n) is 4.36. The van der Waals surface area contributed by atoms with Gasteiger partial charge < -0.3 is 9.52 Å². The number of halogens is 1. The van der Waals surface area contributed by atoms with Crippen LogP contribution in [0.15, 0.2) is 59.1 Å². The molecule has 1 aromatic heterocycles. The second kappa shape index (κ2) is 5.20. The standard InChI is InChI=1S/C16H10FNO3/c17-13-8-4-3-7-12(13)14-9-18-15(21-14)10-5-1-2-6-11(10)16(19)20/h1-9H,(H,19,20). The fraction of sp³-hybridized carbons (Fsp3) is 0. The van der Waals surface area contributed by atoms with Crippen LogP contribution in [0.25, 0.3) is 22.8 Å². The van der Waals surface area contributed by atoms with E-state index in [4.69, 9.17) is 9.52 Å². The SMILES string of the molecule is O=C(O)c1ccccc1-c1ncc(-c2ccccc2F)o1. The Morgan fingerprint density at radius 1 is 1.05 bits per heavy atom. The van der Waals surface area contributed by atoms with Crippen LogP contribution in [0.4, 0.5) is 4.39 Å². The molecule has 1 heterocycles. The minimum Gasteiger partial charge on any atom is -0.478 e. The number of carboxylic acid groups (broad SMARTS) is 1. The number of benzene rings is 2. The molecule has 5 heteroatoms. The summed E-state index contributed by atoms with van der Waals surface area (Å²) >= 11 is 0. The molecular formula is C16H10FNO3. The molecule has 0 aliphatic rings. The van der Waals surface area contributed by atoms with Crippen molar-refractivity contribution in [3.8, 4) is 22.8 Å². The minimum absolute atomic E-state index is 0.0828. The molecule has 0 unspecified atom stereocenters. The molecule has 0 saturated carbocycles. The first-order valence-electron chi connectivity index (χ1n) is 6.20. The van der Waals surface area contributed by atoms with Gasteiger partial charge in [-0.15, -0.1) is 0 Å². The number of nitrogens with zero attached hydrogens (tertiary/aromatic N) is 1. The maximum absolute atomic E-state index is 13.7. The van der Waals surface area contributed by atoms with Crippen molar-refractivity contribution in [3.63, 3.8) is 0 Å². The number of aromatic carboxylic acids is 1. The number of oxazole rings is 1. The van der Waals surface area contributed by atoms with Gasteiger partial charge in [0.25, 0.3) is 0 Å². The average Bonchev–Trinajstić information content (AvgIpc) is 2.97. The van der Waals surface area contributed by atoms with Crippen molar-refractivity contribution < 1.29 is 18.7 Å². The average molecular weight is 283 g/mol. The van der Waals surface area contributed by atoms with E-state index in [0.717, 1.165) is 0 Å². The molecule has 21 heavy (non-hydrogen) atoms. The van der Waals surface area contributed by atoms with Crippen LogP contribution in [0, 0.1) is 5.82 Å². The third-order valence-electron chi connectivity index (χ3n) is 3.03. The van der Waals surface area contributed by atoms with Gasteiger partial charge >= 0.3 is 5.97 Å². The second-order valence-corrected chi connectivity index (χ2v) is 4.36. The number of aromatic nitrogens is 1. The van der Waals surface area contributed by atoms with Gasteiger partial charge in [0.1, 0.15) is 5.82 Å². The van der Waals surface area contributed by atoms with E-state index in [1.165, 1.54) is 18.3 Å². The number of hydrogen-bond acceptors (Lipinski definition) is 3. The largest absolute Gasteiger partial charge is 0.478 e. The predicted molar refractivity (Wildman–Crippen MR) is 74.3 cm³/mol. The first-order chi connectivity index (χ1) is 10.2. The van der Waals surface area contributed by atoms with E-state index in [1.807, 2.05) is 0 Å². The molecule has 0 aliphatic heterocycles. The van der Waals surface area contributed by atoms with Crippen molar-refractivity contribution in [2.45, 2.75) is 0 Å². The maximum atomic E-state index is 13.7. The van der Waals surface area contributed by atoms with Crippen molar-refractivity contribution in [1.82, 2.24) is 4.98 Å². The molecule has 104 valence electrons. The molecule has 0 aliphatic carbocycles. The Morgan fingerprint density at radius 3 is 2.43 bits per heavy atom. The first kappa shape index (κ1) is 13.1. The number of rotatable bonds is 3. The lowest BCUT2D eigenvalue weighted by molar-refractivity contribution is 0.0697. The van der Waals surface area contributed by atoms with Crippen molar-refractivity contribution in [1.29, 1.82) is 0 Å². The Hall–Kier alpha value is -2.95. The summed E-state index contributed by atoms with van der Waals surface area (Å²) in [4.78, 5) is 15.2. The van der Waals surface area contributed by atoms with Gasteiger partial charge in [0.15, 0.2) is 5.76 Å². The lowest BCUT2D eigenvalue weighted by Crippen LogP contribution is -1.98. The van der Waals surface area contributed by atoms with Crippen LogP contribution in [0.3, 0.4) is 0 Å². The van der Waals surface area contributed by atoms with E-state index in [0.29, 0.717) is 5.56 Å². The quantitative estimate of drug-likeness (QED) is 0.793.